The van der Waals surface area contributed by atoms with E-state index in [1.807, 2.05) is 0 Å². The Morgan fingerprint density at radius 1 is 1.30 bits per heavy atom. The Hall–Kier alpha value is -1.63. The van der Waals surface area contributed by atoms with Crippen molar-refractivity contribution in [1.82, 2.24) is 9.71 Å². The van der Waals surface area contributed by atoms with Gasteiger partial charge in [0.15, 0.2) is 0 Å². The van der Waals surface area contributed by atoms with Crippen LogP contribution in [0.3, 0.4) is 0 Å². The Morgan fingerprint density at radius 2 is 2.05 bits per heavy atom. The molecule has 1 atom stereocenters. The Bertz CT molecular complexity index is 719. The molecule has 0 aliphatic carbocycles. The van der Waals surface area contributed by atoms with Crippen molar-refractivity contribution in [3.8, 4) is 0 Å². The lowest BCUT2D eigenvalue weighted by Crippen LogP contribution is -2.27. The van der Waals surface area contributed by atoms with Gasteiger partial charge < -0.3 is 5.73 Å². The normalized spacial score (nSPS) is 13.1. The number of halogens is 1. The Morgan fingerprint density at radius 3 is 2.70 bits per heavy atom. The highest BCUT2D eigenvalue weighted by atomic mass is 35.5. The van der Waals surface area contributed by atoms with Crippen molar-refractivity contribution >= 4 is 27.4 Å². The summed E-state index contributed by atoms with van der Waals surface area (Å²) >= 11 is 5.90. The summed E-state index contributed by atoms with van der Waals surface area (Å²) in [6, 6.07) is 9.32. The van der Waals surface area contributed by atoms with Crippen LogP contribution in [-0.4, -0.2) is 13.4 Å². The predicted octanol–water partition coefficient (Wildman–Crippen LogP) is 2.36. The molecule has 0 radical (unpaired) electrons. The Labute approximate surface area is 122 Å². The van der Waals surface area contributed by atoms with E-state index in [1.165, 1.54) is 18.3 Å². The van der Waals surface area contributed by atoms with Gasteiger partial charge in [-0.1, -0.05) is 23.7 Å². The monoisotopic (exact) mass is 311 g/mol. The molecule has 5 nitrogen and oxygen atoms in total. The highest BCUT2D eigenvalue weighted by molar-refractivity contribution is 7.89. The van der Waals surface area contributed by atoms with Crippen molar-refractivity contribution in [3.63, 3.8) is 0 Å². The molecule has 0 amide bonds. The lowest BCUT2D eigenvalue weighted by molar-refractivity contribution is 0.567. The van der Waals surface area contributed by atoms with Crippen molar-refractivity contribution in [2.75, 3.05) is 5.73 Å². The Kier molecular flexibility index (Phi) is 4.27. The maximum atomic E-state index is 12.2. The van der Waals surface area contributed by atoms with Crippen LogP contribution in [0.1, 0.15) is 18.5 Å². The SMILES string of the molecule is CC(NS(=O)(=O)c1ccnc(N)c1)c1cccc(Cl)c1. The van der Waals surface area contributed by atoms with Crippen LogP contribution in [-0.2, 0) is 10.0 Å². The summed E-state index contributed by atoms with van der Waals surface area (Å²) in [6.45, 7) is 1.74. The third-order valence-electron chi connectivity index (χ3n) is 2.74. The van der Waals surface area contributed by atoms with Crippen LogP contribution in [0.2, 0.25) is 5.02 Å². The van der Waals surface area contributed by atoms with E-state index in [0.717, 1.165) is 5.56 Å². The fourth-order valence-corrected chi connectivity index (χ4v) is 3.19. The van der Waals surface area contributed by atoms with Gasteiger partial charge in [-0.15, -0.1) is 0 Å². The molecule has 0 aliphatic rings. The Balaban J connectivity index is 2.24. The average Bonchev–Trinajstić information content (AvgIpc) is 2.38. The first-order valence-electron chi connectivity index (χ1n) is 5.88. The second-order valence-corrected chi connectivity index (χ2v) is 6.46. The second-order valence-electron chi connectivity index (χ2n) is 4.31. The van der Waals surface area contributed by atoms with Crippen LogP contribution < -0.4 is 10.5 Å². The van der Waals surface area contributed by atoms with E-state index < -0.39 is 16.1 Å². The maximum Gasteiger partial charge on any atom is 0.241 e. The molecule has 0 aliphatic heterocycles. The van der Waals surface area contributed by atoms with E-state index in [2.05, 4.69) is 9.71 Å². The number of hydrogen-bond donors (Lipinski definition) is 2. The van der Waals surface area contributed by atoms with Gasteiger partial charge in [0.2, 0.25) is 10.0 Å². The molecule has 0 saturated heterocycles. The van der Waals surface area contributed by atoms with Gasteiger partial charge in [-0.3, -0.25) is 0 Å². The van der Waals surface area contributed by atoms with Gasteiger partial charge in [-0.05, 0) is 30.7 Å². The number of nitrogens with zero attached hydrogens (tertiary/aromatic N) is 1. The molecule has 1 heterocycles. The number of hydrogen-bond acceptors (Lipinski definition) is 4. The third kappa shape index (κ3) is 3.47. The number of pyridine rings is 1. The molecule has 20 heavy (non-hydrogen) atoms. The van der Waals surface area contributed by atoms with Gasteiger partial charge in [0.05, 0.1) is 4.90 Å². The highest BCUT2D eigenvalue weighted by Gasteiger charge is 2.18. The maximum absolute atomic E-state index is 12.2. The standard InChI is InChI=1S/C13H14ClN3O2S/c1-9(10-3-2-4-11(14)7-10)17-20(18,19)12-5-6-16-13(15)8-12/h2-9,17H,1H3,(H2,15,16). The topological polar surface area (TPSA) is 85.1 Å². The molecular weight excluding hydrogens is 298 g/mol. The van der Waals surface area contributed by atoms with Crippen LogP contribution in [0.5, 0.6) is 0 Å². The quantitative estimate of drug-likeness (QED) is 0.907. The zero-order valence-electron chi connectivity index (χ0n) is 10.7. The molecule has 1 unspecified atom stereocenters. The molecule has 2 rings (SSSR count). The predicted molar refractivity (Wildman–Crippen MR) is 78.8 cm³/mol. The fourth-order valence-electron chi connectivity index (χ4n) is 1.74. The number of nitrogens with one attached hydrogen (secondary N) is 1. The molecule has 0 fully saturated rings. The van der Waals surface area contributed by atoms with Crippen molar-refractivity contribution < 1.29 is 8.42 Å². The minimum atomic E-state index is -3.66. The van der Waals surface area contributed by atoms with Crippen molar-refractivity contribution in [2.24, 2.45) is 0 Å². The first-order valence-corrected chi connectivity index (χ1v) is 7.74. The number of sulfonamides is 1. The number of nitrogen functional groups attached to an aromatic ring is 1. The number of benzene rings is 1. The van der Waals surface area contributed by atoms with Crippen LogP contribution >= 0.6 is 11.6 Å². The van der Waals surface area contributed by atoms with Gasteiger partial charge in [-0.2, -0.15) is 0 Å². The number of nitrogens with two attached hydrogens (primary N) is 1. The van der Waals surface area contributed by atoms with Crippen LogP contribution in [0.15, 0.2) is 47.5 Å². The summed E-state index contributed by atoms with van der Waals surface area (Å²) in [4.78, 5) is 3.85. The van der Waals surface area contributed by atoms with Gasteiger partial charge in [0, 0.05) is 23.3 Å². The summed E-state index contributed by atoms with van der Waals surface area (Å²) in [7, 11) is -3.66. The number of aromatic nitrogens is 1. The minimum absolute atomic E-state index is 0.0823. The van der Waals surface area contributed by atoms with Crippen LogP contribution in [0, 0.1) is 0 Å². The molecule has 1 aromatic carbocycles. The smallest absolute Gasteiger partial charge is 0.241 e. The summed E-state index contributed by atoms with van der Waals surface area (Å²) in [6.07, 6.45) is 1.36. The van der Waals surface area contributed by atoms with Crippen molar-refractivity contribution in [1.29, 1.82) is 0 Å². The highest BCUT2D eigenvalue weighted by Crippen LogP contribution is 2.20. The zero-order chi connectivity index (χ0) is 14.8. The van der Waals surface area contributed by atoms with Crippen molar-refractivity contribution in [3.05, 3.63) is 53.2 Å². The van der Waals surface area contributed by atoms with E-state index in [0.29, 0.717) is 5.02 Å². The molecular formula is C13H14ClN3O2S. The summed E-state index contributed by atoms with van der Waals surface area (Å²) in [5.41, 5.74) is 6.28. The van der Waals surface area contributed by atoms with E-state index in [9.17, 15) is 8.42 Å². The minimum Gasteiger partial charge on any atom is -0.384 e. The summed E-state index contributed by atoms with van der Waals surface area (Å²) in [5.74, 6) is 0.156. The third-order valence-corrected chi connectivity index (χ3v) is 4.52. The van der Waals surface area contributed by atoms with Gasteiger partial charge in [0.1, 0.15) is 5.82 Å². The van der Waals surface area contributed by atoms with Gasteiger partial charge in [0.25, 0.3) is 0 Å². The molecule has 0 saturated carbocycles. The first-order chi connectivity index (χ1) is 9.38. The number of rotatable bonds is 4. The summed E-state index contributed by atoms with van der Waals surface area (Å²) in [5, 5.41) is 0.557. The molecule has 2 aromatic rings. The fraction of sp³-hybridized carbons (Fsp3) is 0.154. The second kappa shape index (κ2) is 5.78. The van der Waals surface area contributed by atoms with Crippen molar-refractivity contribution in [2.45, 2.75) is 17.9 Å². The van der Waals surface area contributed by atoms with Gasteiger partial charge in [-0.25, -0.2) is 18.1 Å². The lowest BCUT2D eigenvalue weighted by Gasteiger charge is -2.15. The number of anilines is 1. The first kappa shape index (κ1) is 14.8. The largest absolute Gasteiger partial charge is 0.384 e. The van der Waals surface area contributed by atoms with Crippen LogP contribution in [0.4, 0.5) is 5.82 Å². The molecule has 3 N–H and O–H groups in total. The molecule has 7 heteroatoms. The summed E-state index contributed by atoms with van der Waals surface area (Å²) < 4.78 is 27.0. The molecule has 0 bridgehead atoms. The van der Waals surface area contributed by atoms with E-state index >= 15 is 0 Å². The van der Waals surface area contributed by atoms with Gasteiger partial charge >= 0.3 is 0 Å². The average molecular weight is 312 g/mol. The lowest BCUT2D eigenvalue weighted by atomic mass is 10.1. The zero-order valence-corrected chi connectivity index (χ0v) is 12.3. The molecule has 1 aromatic heterocycles. The van der Waals surface area contributed by atoms with Crippen LogP contribution in [0.25, 0.3) is 0 Å². The molecule has 0 spiro atoms. The molecule has 106 valence electrons. The van der Waals surface area contributed by atoms with E-state index in [4.69, 9.17) is 17.3 Å². The van der Waals surface area contributed by atoms with E-state index in [1.54, 1.807) is 31.2 Å². The van der Waals surface area contributed by atoms with E-state index in [-0.39, 0.29) is 10.7 Å².